The number of nitrogens with one attached hydrogen (secondary N) is 1. The second kappa shape index (κ2) is 6.98. The van der Waals surface area contributed by atoms with Gasteiger partial charge < -0.3 is 5.32 Å². The van der Waals surface area contributed by atoms with Crippen molar-refractivity contribution in [3.63, 3.8) is 0 Å². The van der Waals surface area contributed by atoms with Gasteiger partial charge >= 0.3 is 0 Å². The molecule has 3 heterocycles. The van der Waals surface area contributed by atoms with Crippen molar-refractivity contribution in [2.75, 3.05) is 26.2 Å². The zero-order chi connectivity index (χ0) is 17.2. The van der Waals surface area contributed by atoms with Crippen molar-refractivity contribution in [2.45, 2.75) is 26.8 Å². The average molecular weight is 334 g/mol. The molecule has 1 saturated heterocycles. The average Bonchev–Trinajstić information content (AvgIpc) is 2.79. The molecule has 1 aliphatic rings. The van der Waals surface area contributed by atoms with Gasteiger partial charge in [-0.15, -0.1) is 0 Å². The highest BCUT2D eigenvalue weighted by Gasteiger charge is 2.18. The lowest BCUT2D eigenvalue weighted by molar-refractivity contribution is 0.280. The van der Waals surface area contributed by atoms with Crippen LogP contribution in [-0.4, -0.2) is 40.5 Å². The largest absolute Gasteiger partial charge is 0.315 e. The minimum Gasteiger partial charge on any atom is -0.315 e. The van der Waals surface area contributed by atoms with Gasteiger partial charge in [-0.25, -0.2) is 4.98 Å². The number of imidazole rings is 1. The monoisotopic (exact) mass is 334 g/mol. The lowest BCUT2D eigenvalue weighted by Gasteiger charge is -2.20. The van der Waals surface area contributed by atoms with Gasteiger partial charge in [0.25, 0.3) is 0 Å². The van der Waals surface area contributed by atoms with E-state index in [-0.39, 0.29) is 0 Å². The van der Waals surface area contributed by atoms with Crippen molar-refractivity contribution in [2.24, 2.45) is 0 Å². The third-order valence-electron chi connectivity index (χ3n) is 5.07. The molecule has 25 heavy (non-hydrogen) atoms. The Labute approximate surface area is 149 Å². The van der Waals surface area contributed by atoms with Crippen molar-refractivity contribution >= 4 is 5.65 Å². The molecule has 0 aliphatic carbocycles. The van der Waals surface area contributed by atoms with Crippen molar-refractivity contribution in [1.29, 1.82) is 0 Å². The van der Waals surface area contributed by atoms with Crippen LogP contribution >= 0.6 is 0 Å². The molecule has 3 aromatic rings. The van der Waals surface area contributed by atoms with Crippen molar-refractivity contribution in [3.8, 4) is 11.3 Å². The summed E-state index contributed by atoms with van der Waals surface area (Å²) in [5, 5.41) is 3.49. The Morgan fingerprint density at radius 2 is 1.84 bits per heavy atom. The van der Waals surface area contributed by atoms with Gasteiger partial charge in [0.2, 0.25) is 0 Å². The fourth-order valence-electron chi connectivity index (χ4n) is 3.69. The van der Waals surface area contributed by atoms with E-state index in [9.17, 15) is 0 Å². The van der Waals surface area contributed by atoms with E-state index in [4.69, 9.17) is 4.98 Å². The second-order valence-corrected chi connectivity index (χ2v) is 7.01. The normalized spacial score (nSPS) is 16.2. The predicted octanol–water partition coefficient (Wildman–Crippen LogP) is 3.41. The number of hydrogen-bond acceptors (Lipinski definition) is 3. The first-order chi connectivity index (χ1) is 12.2. The van der Waals surface area contributed by atoms with Gasteiger partial charge in [-0.3, -0.25) is 9.30 Å². The zero-order valence-electron chi connectivity index (χ0n) is 15.1. The summed E-state index contributed by atoms with van der Waals surface area (Å²) in [5.74, 6) is 0. The van der Waals surface area contributed by atoms with Crippen LogP contribution in [0.4, 0.5) is 0 Å². The molecule has 0 bridgehead atoms. The lowest BCUT2D eigenvalue weighted by atomic mass is 10.1. The smallest absolute Gasteiger partial charge is 0.137 e. The van der Waals surface area contributed by atoms with E-state index < -0.39 is 0 Å². The van der Waals surface area contributed by atoms with Crippen LogP contribution in [0.25, 0.3) is 16.9 Å². The molecule has 0 saturated carbocycles. The zero-order valence-corrected chi connectivity index (χ0v) is 15.1. The van der Waals surface area contributed by atoms with Crippen LogP contribution in [0, 0.1) is 13.8 Å². The summed E-state index contributed by atoms with van der Waals surface area (Å²) in [5.41, 5.74) is 7.19. The van der Waals surface area contributed by atoms with Gasteiger partial charge in [0.1, 0.15) is 5.65 Å². The van der Waals surface area contributed by atoms with Crippen molar-refractivity contribution < 1.29 is 0 Å². The standard InChI is InChI=1S/C21H26N4/c1-16-7-9-18(10-8-16)21-19(15-24-13-4-11-22-12-14-24)25-17(2)5-3-6-20(25)23-21/h3,5-10,22H,4,11-15H2,1-2H3. The fourth-order valence-corrected chi connectivity index (χ4v) is 3.69. The molecule has 130 valence electrons. The van der Waals surface area contributed by atoms with Crippen LogP contribution in [-0.2, 0) is 6.54 Å². The summed E-state index contributed by atoms with van der Waals surface area (Å²) in [6, 6.07) is 15.1. The molecule has 0 atom stereocenters. The van der Waals surface area contributed by atoms with E-state index in [2.05, 4.69) is 70.9 Å². The molecule has 0 amide bonds. The van der Waals surface area contributed by atoms with Gasteiger partial charge in [-0.1, -0.05) is 35.9 Å². The fraction of sp³-hybridized carbons (Fsp3) is 0.381. The van der Waals surface area contributed by atoms with Crippen LogP contribution in [0.3, 0.4) is 0 Å². The van der Waals surface area contributed by atoms with E-state index in [1.54, 1.807) is 0 Å². The number of fused-ring (bicyclic) bond motifs is 1. The second-order valence-electron chi connectivity index (χ2n) is 7.01. The van der Waals surface area contributed by atoms with Crippen LogP contribution in [0.5, 0.6) is 0 Å². The topological polar surface area (TPSA) is 32.6 Å². The molecule has 2 aromatic heterocycles. The SMILES string of the molecule is Cc1ccc(-c2nc3cccc(C)n3c2CN2CCCNCC2)cc1. The number of hydrogen-bond donors (Lipinski definition) is 1. The number of aromatic nitrogens is 2. The molecule has 1 fully saturated rings. The van der Waals surface area contributed by atoms with E-state index in [1.807, 2.05) is 0 Å². The third-order valence-corrected chi connectivity index (χ3v) is 5.07. The minimum atomic E-state index is 0.941. The molecule has 1 aliphatic heterocycles. The Hall–Kier alpha value is -2.17. The van der Waals surface area contributed by atoms with Gasteiger partial charge in [0.05, 0.1) is 11.4 Å². The quantitative estimate of drug-likeness (QED) is 0.797. The number of pyridine rings is 1. The summed E-state index contributed by atoms with van der Waals surface area (Å²) in [6.45, 7) is 9.65. The third kappa shape index (κ3) is 3.32. The van der Waals surface area contributed by atoms with Crippen molar-refractivity contribution in [3.05, 3.63) is 59.4 Å². The maximum atomic E-state index is 4.98. The predicted molar refractivity (Wildman–Crippen MR) is 103 cm³/mol. The molecule has 4 nitrogen and oxygen atoms in total. The molecule has 0 spiro atoms. The molecule has 0 radical (unpaired) electrons. The molecule has 1 N–H and O–H groups in total. The van der Waals surface area contributed by atoms with Gasteiger partial charge in [-0.05, 0) is 45.5 Å². The van der Waals surface area contributed by atoms with Crippen LogP contribution in [0.2, 0.25) is 0 Å². The maximum Gasteiger partial charge on any atom is 0.137 e. The Balaban J connectivity index is 1.81. The Morgan fingerprint density at radius 3 is 2.68 bits per heavy atom. The number of nitrogens with zero attached hydrogens (tertiary/aromatic N) is 3. The summed E-state index contributed by atoms with van der Waals surface area (Å²) in [7, 11) is 0. The molecule has 1 aromatic carbocycles. The lowest BCUT2D eigenvalue weighted by Crippen LogP contribution is -2.28. The minimum absolute atomic E-state index is 0.941. The van der Waals surface area contributed by atoms with E-state index in [0.717, 1.165) is 44.1 Å². The van der Waals surface area contributed by atoms with Crippen molar-refractivity contribution in [1.82, 2.24) is 19.6 Å². The van der Waals surface area contributed by atoms with E-state index >= 15 is 0 Å². The Morgan fingerprint density at radius 1 is 1.00 bits per heavy atom. The first kappa shape index (κ1) is 16.3. The molecular formula is C21H26N4. The molecule has 4 rings (SSSR count). The summed E-state index contributed by atoms with van der Waals surface area (Å²) >= 11 is 0. The van der Waals surface area contributed by atoms with E-state index in [1.165, 1.54) is 28.9 Å². The number of rotatable bonds is 3. The van der Waals surface area contributed by atoms with Gasteiger partial charge in [0.15, 0.2) is 0 Å². The van der Waals surface area contributed by atoms with Crippen LogP contribution in [0.1, 0.15) is 23.4 Å². The number of aryl methyl sites for hydroxylation is 2. The summed E-state index contributed by atoms with van der Waals surface area (Å²) in [6.07, 6.45) is 1.20. The number of benzene rings is 1. The molecular weight excluding hydrogens is 308 g/mol. The first-order valence-electron chi connectivity index (χ1n) is 9.19. The summed E-state index contributed by atoms with van der Waals surface area (Å²) < 4.78 is 2.33. The van der Waals surface area contributed by atoms with Crippen LogP contribution < -0.4 is 5.32 Å². The highest BCUT2D eigenvalue weighted by atomic mass is 15.2. The summed E-state index contributed by atoms with van der Waals surface area (Å²) in [4.78, 5) is 7.53. The first-order valence-corrected chi connectivity index (χ1v) is 9.19. The Kier molecular flexibility index (Phi) is 4.55. The molecule has 4 heteroatoms. The highest BCUT2D eigenvalue weighted by Crippen LogP contribution is 2.27. The molecule has 0 unspecified atom stereocenters. The maximum absolute atomic E-state index is 4.98. The van der Waals surface area contributed by atoms with Crippen LogP contribution in [0.15, 0.2) is 42.5 Å². The highest BCUT2D eigenvalue weighted by molar-refractivity contribution is 5.67. The van der Waals surface area contributed by atoms with Gasteiger partial charge in [-0.2, -0.15) is 0 Å². The Bertz CT molecular complexity index is 855. The van der Waals surface area contributed by atoms with E-state index in [0.29, 0.717) is 0 Å². The van der Waals surface area contributed by atoms with Gasteiger partial charge in [0, 0.05) is 30.9 Å².